The van der Waals surface area contributed by atoms with E-state index in [-0.39, 0.29) is 0 Å². The lowest BCUT2D eigenvalue weighted by Crippen LogP contribution is -2.48. The molecule has 0 spiro atoms. The minimum absolute atomic E-state index is 0.470. The Morgan fingerprint density at radius 3 is 1.26 bits per heavy atom. The number of benzene rings is 3. The summed E-state index contributed by atoms with van der Waals surface area (Å²) in [6.45, 7) is 10.0. The minimum Gasteiger partial charge on any atom is -0.438 e. The van der Waals surface area contributed by atoms with Crippen molar-refractivity contribution >= 4 is 46.8 Å². The maximum absolute atomic E-state index is 13.8. The van der Waals surface area contributed by atoms with Gasteiger partial charge < -0.3 is 9.47 Å². The lowest BCUT2D eigenvalue weighted by atomic mass is 10.2. The molecule has 10 heteroatoms. The first-order valence-electron chi connectivity index (χ1n) is 13.1. The molecule has 2 unspecified atom stereocenters. The van der Waals surface area contributed by atoms with E-state index >= 15 is 0 Å². The van der Waals surface area contributed by atoms with Crippen molar-refractivity contribution in [3.05, 3.63) is 110 Å². The SMILES string of the molecule is C=CC(=O)OC(C)N(C(=O)N(C)c1cccc(N(C)C(=O)N(c2ccccc2)C(C)OC(=O)C=C)c1)c1ccccc1. The van der Waals surface area contributed by atoms with Gasteiger partial charge in [0.2, 0.25) is 0 Å². The first-order valence-corrected chi connectivity index (χ1v) is 13.1. The summed E-state index contributed by atoms with van der Waals surface area (Å²) in [5.74, 6) is -1.34. The number of carbonyl (C=O) groups is 4. The van der Waals surface area contributed by atoms with E-state index in [1.807, 2.05) is 12.1 Å². The number of nitrogens with zero attached hydrogens (tertiary/aromatic N) is 4. The largest absolute Gasteiger partial charge is 0.438 e. The maximum atomic E-state index is 13.8. The van der Waals surface area contributed by atoms with Crippen molar-refractivity contribution in [2.45, 2.75) is 26.3 Å². The number of esters is 2. The zero-order valence-corrected chi connectivity index (χ0v) is 24.0. The van der Waals surface area contributed by atoms with Gasteiger partial charge in [0.15, 0.2) is 12.5 Å². The van der Waals surface area contributed by atoms with Crippen LogP contribution in [0.5, 0.6) is 0 Å². The van der Waals surface area contributed by atoms with Crippen LogP contribution in [0.3, 0.4) is 0 Å². The molecule has 4 amide bonds. The van der Waals surface area contributed by atoms with E-state index in [9.17, 15) is 19.2 Å². The highest BCUT2D eigenvalue weighted by atomic mass is 16.6. The topological polar surface area (TPSA) is 99.7 Å². The van der Waals surface area contributed by atoms with Crippen molar-refractivity contribution in [2.75, 3.05) is 33.7 Å². The highest BCUT2D eigenvalue weighted by Gasteiger charge is 2.30. The smallest absolute Gasteiger partial charge is 0.332 e. The molecule has 3 aromatic carbocycles. The lowest BCUT2D eigenvalue weighted by molar-refractivity contribution is -0.142. The molecule has 10 nitrogen and oxygen atoms in total. The molecule has 0 aliphatic heterocycles. The van der Waals surface area contributed by atoms with Gasteiger partial charge in [-0.2, -0.15) is 0 Å². The van der Waals surface area contributed by atoms with Crippen LogP contribution in [0.1, 0.15) is 13.8 Å². The average molecular weight is 571 g/mol. The molecular formula is C32H34N4O6. The van der Waals surface area contributed by atoms with Crippen LogP contribution >= 0.6 is 0 Å². The van der Waals surface area contributed by atoms with Crippen LogP contribution in [0.25, 0.3) is 0 Å². The average Bonchev–Trinajstić information content (AvgIpc) is 3.01. The van der Waals surface area contributed by atoms with Crippen molar-refractivity contribution in [2.24, 2.45) is 0 Å². The molecule has 0 bridgehead atoms. The Labute approximate surface area is 245 Å². The van der Waals surface area contributed by atoms with Gasteiger partial charge in [-0.1, -0.05) is 55.6 Å². The molecule has 0 radical (unpaired) electrons. The zero-order valence-electron chi connectivity index (χ0n) is 24.0. The van der Waals surface area contributed by atoms with Gasteiger partial charge in [0, 0.05) is 49.0 Å². The molecule has 0 saturated heterocycles. The third-order valence-electron chi connectivity index (χ3n) is 6.29. The second kappa shape index (κ2) is 14.3. The van der Waals surface area contributed by atoms with Gasteiger partial charge in [-0.25, -0.2) is 19.2 Å². The third kappa shape index (κ3) is 7.42. The van der Waals surface area contributed by atoms with Gasteiger partial charge in [-0.15, -0.1) is 0 Å². The Kier molecular flexibility index (Phi) is 10.6. The summed E-state index contributed by atoms with van der Waals surface area (Å²) in [6, 6.07) is 23.5. The van der Waals surface area contributed by atoms with E-state index in [1.54, 1.807) is 101 Å². The Morgan fingerprint density at radius 1 is 0.595 bits per heavy atom. The van der Waals surface area contributed by atoms with Crippen LogP contribution < -0.4 is 19.6 Å². The summed E-state index contributed by atoms with van der Waals surface area (Å²) < 4.78 is 10.7. The van der Waals surface area contributed by atoms with Gasteiger partial charge in [0.05, 0.1) is 0 Å². The summed E-state index contributed by atoms with van der Waals surface area (Å²) in [5, 5.41) is 0. The molecule has 0 saturated carbocycles. The minimum atomic E-state index is -0.945. The number of anilines is 4. The number of amides is 4. The maximum Gasteiger partial charge on any atom is 0.332 e. The quantitative estimate of drug-likeness (QED) is 0.169. The Bertz CT molecular complexity index is 1320. The van der Waals surface area contributed by atoms with E-state index in [0.29, 0.717) is 22.7 Å². The van der Waals surface area contributed by atoms with Gasteiger partial charge in [-0.05, 0) is 56.3 Å². The molecule has 0 fully saturated rings. The van der Waals surface area contributed by atoms with E-state index in [0.717, 1.165) is 12.2 Å². The zero-order chi connectivity index (χ0) is 30.8. The number of urea groups is 2. The summed E-state index contributed by atoms with van der Waals surface area (Å²) in [7, 11) is 3.16. The van der Waals surface area contributed by atoms with Crippen molar-refractivity contribution in [1.29, 1.82) is 0 Å². The lowest BCUT2D eigenvalue weighted by Gasteiger charge is -2.33. The van der Waals surface area contributed by atoms with Crippen LogP contribution in [0.2, 0.25) is 0 Å². The summed E-state index contributed by atoms with van der Waals surface area (Å²) >= 11 is 0. The number of carbonyl (C=O) groups excluding carboxylic acids is 4. The molecular weight excluding hydrogens is 536 g/mol. The van der Waals surface area contributed by atoms with Gasteiger partial charge in [-0.3, -0.25) is 19.6 Å². The van der Waals surface area contributed by atoms with Crippen molar-refractivity contribution in [3.8, 4) is 0 Å². The van der Waals surface area contributed by atoms with Crippen LogP contribution in [-0.2, 0) is 19.1 Å². The molecule has 0 aromatic heterocycles. The van der Waals surface area contributed by atoms with E-state index in [4.69, 9.17) is 9.47 Å². The highest BCUT2D eigenvalue weighted by Crippen LogP contribution is 2.27. The standard InChI is InChI=1S/C32H34N4O6/c1-7-29(37)41-23(3)35(25-16-11-9-12-17-25)31(39)33(5)27-20-15-21-28(22-27)34(6)32(40)36(24(4)42-30(38)8-2)26-18-13-10-14-19-26/h7-24H,1-2H2,3-6H3. The number of para-hydroxylation sites is 2. The van der Waals surface area contributed by atoms with Gasteiger partial charge in [0.1, 0.15) is 0 Å². The fraction of sp³-hybridized carbons (Fsp3) is 0.188. The number of hydrogen-bond donors (Lipinski definition) is 0. The number of hydrogen-bond acceptors (Lipinski definition) is 6. The van der Waals surface area contributed by atoms with Crippen LogP contribution in [0.4, 0.5) is 32.3 Å². The summed E-state index contributed by atoms with van der Waals surface area (Å²) in [5.41, 5.74) is 1.97. The van der Waals surface area contributed by atoms with E-state index in [1.165, 1.54) is 19.6 Å². The van der Waals surface area contributed by atoms with Crippen molar-refractivity contribution in [3.63, 3.8) is 0 Å². The first-order chi connectivity index (χ1) is 20.1. The predicted octanol–water partition coefficient (Wildman–Crippen LogP) is 5.96. The second-order valence-corrected chi connectivity index (χ2v) is 9.09. The molecule has 0 heterocycles. The van der Waals surface area contributed by atoms with Crippen LogP contribution in [0.15, 0.2) is 110 Å². The molecule has 3 aromatic rings. The molecule has 0 aliphatic rings. The Balaban J connectivity index is 1.92. The first kappa shape index (κ1) is 31.2. The molecule has 0 aliphatic carbocycles. The van der Waals surface area contributed by atoms with Crippen LogP contribution in [0, 0.1) is 0 Å². The molecule has 218 valence electrons. The van der Waals surface area contributed by atoms with Crippen molar-refractivity contribution in [1.82, 2.24) is 0 Å². The molecule has 2 atom stereocenters. The second-order valence-electron chi connectivity index (χ2n) is 9.09. The number of ether oxygens (including phenoxy) is 2. The summed E-state index contributed by atoms with van der Waals surface area (Å²) in [4.78, 5) is 56.8. The van der Waals surface area contributed by atoms with E-state index in [2.05, 4.69) is 13.2 Å². The summed E-state index contributed by atoms with van der Waals surface area (Å²) in [6.07, 6.45) is 0.170. The number of rotatable bonds is 10. The monoisotopic (exact) mass is 570 g/mol. The Hall–Kier alpha value is -5.38. The van der Waals surface area contributed by atoms with E-state index < -0.39 is 36.5 Å². The molecule has 3 rings (SSSR count). The fourth-order valence-electron chi connectivity index (χ4n) is 4.12. The van der Waals surface area contributed by atoms with Crippen molar-refractivity contribution < 1.29 is 28.7 Å². The Morgan fingerprint density at radius 2 is 0.929 bits per heavy atom. The fourth-order valence-corrected chi connectivity index (χ4v) is 4.12. The predicted molar refractivity (Wildman–Crippen MR) is 163 cm³/mol. The molecule has 0 N–H and O–H groups in total. The normalized spacial score (nSPS) is 11.7. The third-order valence-corrected chi connectivity index (χ3v) is 6.29. The van der Waals surface area contributed by atoms with Gasteiger partial charge in [0.25, 0.3) is 0 Å². The van der Waals surface area contributed by atoms with Gasteiger partial charge >= 0.3 is 24.0 Å². The molecule has 42 heavy (non-hydrogen) atoms. The highest BCUT2D eigenvalue weighted by molar-refractivity contribution is 6.06. The van der Waals surface area contributed by atoms with Crippen LogP contribution in [-0.4, -0.2) is 50.6 Å².